The third-order valence-corrected chi connectivity index (χ3v) is 10.8. The van der Waals surface area contributed by atoms with Gasteiger partial charge in [-0.15, -0.1) is 0 Å². The molecule has 5 rings (SSSR count). The topological polar surface area (TPSA) is 79.8 Å². The summed E-state index contributed by atoms with van der Waals surface area (Å²) in [4.78, 5) is 20.5. The second kappa shape index (κ2) is 11.6. The van der Waals surface area contributed by atoms with Crippen LogP contribution in [0.4, 0.5) is 5.13 Å². The second-order valence-electron chi connectivity index (χ2n) is 10.1. The van der Waals surface area contributed by atoms with E-state index in [1.165, 1.54) is 11.3 Å². The first-order valence-electron chi connectivity index (χ1n) is 13.4. The highest BCUT2D eigenvalue weighted by Crippen LogP contribution is 2.35. The number of rotatable bonds is 8. The summed E-state index contributed by atoms with van der Waals surface area (Å²) in [6, 6.07) is 10.1. The van der Waals surface area contributed by atoms with Crippen molar-refractivity contribution in [2.45, 2.75) is 75.8 Å². The van der Waals surface area contributed by atoms with Gasteiger partial charge in [0, 0.05) is 29.8 Å². The van der Waals surface area contributed by atoms with Gasteiger partial charge in [-0.1, -0.05) is 49.1 Å². The van der Waals surface area contributed by atoms with Crippen LogP contribution in [0.1, 0.15) is 67.8 Å². The van der Waals surface area contributed by atoms with E-state index in [-0.39, 0.29) is 22.9 Å². The monoisotopic (exact) mass is 575 g/mol. The van der Waals surface area contributed by atoms with Crippen LogP contribution in [0.5, 0.6) is 0 Å². The number of sulfonamides is 1. The van der Waals surface area contributed by atoms with Crippen LogP contribution in [-0.4, -0.2) is 55.5 Å². The Morgan fingerprint density at radius 3 is 2.50 bits per heavy atom. The molecule has 0 spiro atoms. The lowest BCUT2D eigenvalue weighted by Crippen LogP contribution is -2.41. The van der Waals surface area contributed by atoms with E-state index in [1.54, 1.807) is 33.5 Å². The summed E-state index contributed by atoms with van der Waals surface area (Å²) >= 11 is 7.69. The molecule has 1 atom stereocenters. The number of hydrogen-bond acceptors (Lipinski definition) is 6. The van der Waals surface area contributed by atoms with Gasteiger partial charge in [-0.3, -0.25) is 9.69 Å². The van der Waals surface area contributed by atoms with Crippen molar-refractivity contribution in [1.82, 2.24) is 9.29 Å². The maximum Gasteiger partial charge on any atom is 0.260 e. The van der Waals surface area contributed by atoms with E-state index in [0.717, 1.165) is 60.7 Å². The van der Waals surface area contributed by atoms with Gasteiger partial charge in [0.1, 0.15) is 0 Å². The maximum atomic E-state index is 13.8. The van der Waals surface area contributed by atoms with Gasteiger partial charge in [-0.05, 0) is 74.6 Å². The minimum absolute atomic E-state index is 0.0398. The average Bonchev–Trinajstić information content (AvgIpc) is 3.58. The normalized spacial score (nSPS) is 18.9. The number of halogens is 1. The molecule has 0 bridgehead atoms. The largest absolute Gasteiger partial charge is 0.376 e. The molecule has 1 unspecified atom stereocenters. The van der Waals surface area contributed by atoms with Crippen molar-refractivity contribution in [2.24, 2.45) is 0 Å². The van der Waals surface area contributed by atoms with Crippen LogP contribution in [0.3, 0.4) is 0 Å². The first kappa shape index (κ1) is 27.5. The highest BCUT2D eigenvalue weighted by molar-refractivity contribution is 7.89. The molecule has 7 nitrogen and oxygen atoms in total. The first-order valence-corrected chi connectivity index (χ1v) is 16.0. The van der Waals surface area contributed by atoms with E-state index < -0.39 is 10.0 Å². The van der Waals surface area contributed by atoms with Gasteiger partial charge < -0.3 is 4.74 Å². The summed E-state index contributed by atoms with van der Waals surface area (Å²) in [5.74, 6) is -0.230. The first-order chi connectivity index (χ1) is 18.3. The predicted molar refractivity (Wildman–Crippen MR) is 153 cm³/mol. The number of anilines is 1. The van der Waals surface area contributed by atoms with Gasteiger partial charge in [0.2, 0.25) is 10.0 Å². The molecule has 1 saturated carbocycles. The van der Waals surface area contributed by atoms with Gasteiger partial charge in [0.25, 0.3) is 5.91 Å². The van der Waals surface area contributed by atoms with Crippen molar-refractivity contribution >= 4 is 54.2 Å². The van der Waals surface area contributed by atoms with Crippen molar-refractivity contribution in [1.29, 1.82) is 0 Å². The zero-order valence-corrected chi connectivity index (χ0v) is 24.2. The molecule has 1 aliphatic carbocycles. The SMILES string of the molecule is CCN(C1CCCCC1)S(=O)(=O)c1ccc(C(=O)N(CC2CCCO2)c2nc3c(C)cc(Cl)cc3s2)cc1. The smallest absolute Gasteiger partial charge is 0.260 e. The number of carbonyl (C=O) groups excluding carboxylic acids is 1. The van der Waals surface area contributed by atoms with E-state index in [9.17, 15) is 13.2 Å². The van der Waals surface area contributed by atoms with Crippen molar-refractivity contribution in [3.63, 3.8) is 0 Å². The van der Waals surface area contributed by atoms with Crippen LogP contribution >= 0.6 is 22.9 Å². The molecule has 10 heteroatoms. The molecule has 1 aromatic heterocycles. The Morgan fingerprint density at radius 2 is 1.84 bits per heavy atom. The Kier molecular flexibility index (Phi) is 8.40. The summed E-state index contributed by atoms with van der Waals surface area (Å²) < 4.78 is 35.4. The Bertz CT molecular complexity index is 1400. The molecule has 1 amide bonds. The van der Waals surface area contributed by atoms with Crippen LogP contribution in [-0.2, 0) is 14.8 Å². The number of aromatic nitrogens is 1. The highest BCUT2D eigenvalue weighted by Gasteiger charge is 2.32. The number of benzene rings is 2. The van der Waals surface area contributed by atoms with Crippen molar-refractivity contribution in [3.8, 4) is 0 Å². The molecule has 38 heavy (non-hydrogen) atoms. The number of hydrogen-bond donors (Lipinski definition) is 0. The molecule has 2 aliphatic rings. The number of carbonyl (C=O) groups is 1. The van der Waals surface area contributed by atoms with E-state index in [1.807, 2.05) is 26.0 Å². The lowest BCUT2D eigenvalue weighted by molar-refractivity contribution is 0.0917. The van der Waals surface area contributed by atoms with Gasteiger partial charge in [0.05, 0.1) is 27.8 Å². The zero-order chi connectivity index (χ0) is 26.9. The van der Waals surface area contributed by atoms with Crippen LogP contribution in [0.2, 0.25) is 5.02 Å². The van der Waals surface area contributed by atoms with E-state index in [4.69, 9.17) is 21.3 Å². The average molecular weight is 576 g/mol. The third-order valence-electron chi connectivity index (χ3n) is 7.53. The standard InChI is InChI=1S/C28H34ClN3O4S2/c1-3-32(22-8-5-4-6-9-22)38(34,35)24-13-11-20(12-14-24)27(33)31(18-23-10-7-15-36-23)28-30-26-19(2)16-21(29)17-25(26)37-28/h11-14,16-17,22-23H,3-10,15,18H2,1-2H3. The highest BCUT2D eigenvalue weighted by atomic mass is 35.5. The second-order valence-corrected chi connectivity index (χ2v) is 13.5. The zero-order valence-electron chi connectivity index (χ0n) is 21.9. The minimum atomic E-state index is -3.64. The van der Waals surface area contributed by atoms with E-state index >= 15 is 0 Å². The summed E-state index contributed by atoms with van der Waals surface area (Å²) in [5, 5.41) is 1.21. The Labute approximate surface area is 233 Å². The van der Waals surface area contributed by atoms with Crippen LogP contribution < -0.4 is 4.90 Å². The molecular formula is C28H34ClN3O4S2. The summed E-state index contributed by atoms with van der Waals surface area (Å²) in [6.45, 7) is 5.35. The molecule has 2 heterocycles. The molecule has 0 radical (unpaired) electrons. The van der Waals surface area contributed by atoms with Gasteiger partial charge in [-0.25, -0.2) is 13.4 Å². The lowest BCUT2D eigenvalue weighted by Gasteiger charge is -2.32. The van der Waals surface area contributed by atoms with Crippen molar-refractivity contribution < 1.29 is 17.9 Å². The van der Waals surface area contributed by atoms with Gasteiger partial charge in [-0.2, -0.15) is 4.31 Å². The number of nitrogens with zero attached hydrogens (tertiary/aromatic N) is 3. The summed E-state index contributed by atoms with van der Waals surface area (Å²) in [5.41, 5.74) is 2.19. The number of fused-ring (bicyclic) bond motifs is 1. The van der Waals surface area contributed by atoms with Crippen LogP contribution in [0.15, 0.2) is 41.3 Å². The number of amides is 1. The molecular weight excluding hydrogens is 542 g/mol. The van der Waals surface area contributed by atoms with Crippen molar-refractivity contribution in [2.75, 3.05) is 24.6 Å². The minimum Gasteiger partial charge on any atom is -0.376 e. The number of aryl methyl sites for hydroxylation is 1. The fourth-order valence-electron chi connectivity index (χ4n) is 5.55. The molecule has 0 N–H and O–H groups in total. The van der Waals surface area contributed by atoms with Crippen LogP contribution in [0.25, 0.3) is 10.2 Å². The predicted octanol–water partition coefficient (Wildman–Crippen LogP) is 6.43. The Balaban J connectivity index is 1.43. The van der Waals surface area contributed by atoms with Gasteiger partial charge >= 0.3 is 0 Å². The molecule has 2 fully saturated rings. The van der Waals surface area contributed by atoms with Crippen LogP contribution in [0, 0.1) is 6.92 Å². The van der Waals surface area contributed by atoms with E-state index in [2.05, 4.69) is 0 Å². The summed E-state index contributed by atoms with van der Waals surface area (Å²) in [7, 11) is -3.64. The maximum absolute atomic E-state index is 13.8. The fourth-order valence-corrected chi connectivity index (χ4v) is 8.67. The Morgan fingerprint density at radius 1 is 1.11 bits per heavy atom. The third kappa shape index (κ3) is 5.63. The van der Waals surface area contributed by atoms with Crippen molar-refractivity contribution in [3.05, 3.63) is 52.5 Å². The molecule has 3 aromatic rings. The molecule has 1 aliphatic heterocycles. The van der Waals surface area contributed by atoms with Gasteiger partial charge in [0.15, 0.2) is 5.13 Å². The molecule has 2 aromatic carbocycles. The summed E-state index contributed by atoms with van der Waals surface area (Å²) in [6.07, 6.45) is 6.85. The molecule has 1 saturated heterocycles. The number of thiazole rings is 1. The fraction of sp³-hybridized carbons (Fsp3) is 0.500. The van der Waals surface area contributed by atoms with E-state index in [0.29, 0.717) is 35.4 Å². The Hall–Kier alpha value is -2.04. The quantitative estimate of drug-likeness (QED) is 0.309. The lowest BCUT2D eigenvalue weighted by atomic mass is 9.95. The molecule has 204 valence electrons. The number of ether oxygens (including phenoxy) is 1.